The van der Waals surface area contributed by atoms with Crippen molar-refractivity contribution in [3.05, 3.63) is 21.9 Å². The van der Waals surface area contributed by atoms with Crippen LogP contribution in [0.5, 0.6) is 0 Å². The van der Waals surface area contributed by atoms with Gasteiger partial charge in [-0.05, 0) is 17.5 Å². The quantitative estimate of drug-likeness (QED) is 0.872. The first-order chi connectivity index (χ1) is 7.13. The molecule has 0 aliphatic heterocycles. The number of carbonyl (C=O) groups is 1. The highest BCUT2D eigenvalue weighted by Gasteiger charge is 2.27. The summed E-state index contributed by atoms with van der Waals surface area (Å²) < 4.78 is 0. The van der Waals surface area contributed by atoms with E-state index in [-0.39, 0.29) is 17.3 Å². The van der Waals surface area contributed by atoms with E-state index in [0.29, 0.717) is 0 Å². The van der Waals surface area contributed by atoms with Crippen LogP contribution in [-0.2, 0) is 15.6 Å². The van der Waals surface area contributed by atoms with E-state index in [1.54, 1.807) is 11.3 Å². The van der Waals surface area contributed by atoms with Gasteiger partial charge in [-0.3, -0.25) is 4.79 Å². The van der Waals surface area contributed by atoms with Gasteiger partial charge in [0.15, 0.2) is 0 Å². The van der Waals surface area contributed by atoms with Crippen molar-refractivity contribution >= 4 is 17.3 Å². The zero-order chi connectivity index (χ0) is 12.6. The van der Waals surface area contributed by atoms with Gasteiger partial charge in [-0.1, -0.05) is 34.6 Å². The molecule has 2 nitrogen and oxygen atoms in total. The minimum Gasteiger partial charge on any atom is -0.481 e. The molecule has 3 heteroatoms. The molecule has 16 heavy (non-hydrogen) atoms. The van der Waals surface area contributed by atoms with Crippen molar-refractivity contribution in [2.45, 2.75) is 51.9 Å². The first-order valence-electron chi connectivity index (χ1n) is 5.45. The summed E-state index contributed by atoms with van der Waals surface area (Å²) in [4.78, 5) is 13.3. The topological polar surface area (TPSA) is 37.3 Å². The number of aliphatic carboxylic acids is 1. The maximum absolute atomic E-state index is 10.8. The molecule has 1 aromatic rings. The molecule has 1 aromatic heterocycles. The van der Waals surface area contributed by atoms with Gasteiger partial charge in [-0.2, -0.15) is 0 Å². The number of carboxylic acid groups (broad SMARTS) is 1. The van der Waals surface area contributed by atoms with Crippen LogP contribution in [0.1, 0.15) is 50.8 Å². The van der Waals surface area contributed by atoms with Gasteiger partial charge < -0.3 is 5.11 Å². The molecule has 0 aliphatic rings. The molecule has 0 saturated heterocycles. The van der Waals surface area contributed by atoms with Gasteiger partial charge in [0.1, 0.15) is 0 Å². The molecule has 0 aliphatic carbocycles. The Morgan fingerprint density at radius 3 is 2.06 bits per heavy atom. The maximum atomic E-state index is 10.8. The highest BCUT2D eigenvalue weighted by molar-refractivity contribution is 7.12. The van der Waals surface area contributed by atoms with Crippen LogP contribution in [0.4, 0.5) is 0 Å². The monoisotopic (exact) mass is 240 g/mol. The van der Waals surface area contributed by atoms with Crippen LogP contribution < -0.4 is 0 Å². The highest BCUT2D eigenvalue weighted by atomic mass is 32.1. The maximum Gasteiger partial charge on any atom is 0.304 e. The number of hydrogen-bond acceptors (Lipinski definition) is 2. The molecule has 0 amide bonds. The summed E-state index contributed by atoms with van der Waals surface area (Å²) in [7, 11) is 0. The van der Waals surface area contributed by atoms with E-state index in [2.05, 4.69) is 32.9 Å². The first kappa shape index (κ1) is 13.2. The second-order valence-electron chi connectivity index (χ2n) is 5.87. The van der Waals surface area contributed by atoms with Crippen LogP contribution in [0, 0.1) is 0 Å². The van der Waals surface area contributed by atoms with Crippen LogP contribution in [0.3, 0.4) is 0 Å². The second kappa shape index (κ2) is 4.21. The molecule has 0 aromatic carbocycles. The molecular formula is C13H20O2S. The van der Waals surface area contributed by atoms with Crippen molar-refractivity contribution in [1.29, 1.82) is 0 Å². The molecule has 0 bridgehead atoms. The van der Waals surface area contributed by atoms with E-state index in [4.69, 9.17) is 5.11 Å². The number of thiophene rings is 1. The van der Waals surface area contributed by atoms with Crippen molar-refractivity contribution in [2.24, 2.45) is 0 Å². The van der Waals surface area contributed by atoms with E-state index in [9.17, 15) is 4.79 Å². The third kappa shape index (κ3) is 3.08. The molecule has 1 rings (SSSR count). The van der Waals surface area contributed by atoms with E-state index in [0.717, 1.165) is 4.88 Å². The lowest BCUT2D eigenvalue weighted by atomic mass is 9.87. The van der Waals surface area contributed by atoms with E-state index in [1.807, 2.05) is 13.8 Å². The minimum absolute atomic E-state index is 0.141. The first-order valence-corrected chi connectivity index (χ1v) is 6.27. The minimum atomic E-state index is -0.740. The van der Waals surface area contributed by atoms with Crippen LogP contribution in [-0.4, -0.2) is 11.1 Å². The molecule has 0 spiro atoms. The molecule has 0 radical (unpaired) electrons. The van der Waals surface area contributed by atoms with Gasteiger partial charge in [0, 0.05) is 15.2 Å². The average molecular weight is 240 g/mol. The standard InChI is InChI=1S/C13H20O2S/c1-12(2,3)9-6-7-10(16-9)13(4,5)8-11(14)15/h6-7H,8H2,1-5H3,(H,14,15). The van der Waals surface area contributed by atoms with Gasteiger partial charge in [0.05, 0.1) is 6.42 Å². The van der Waals surface area contributed by atoms with Crippen LogP contribution in [0.2, 0.25) is 0 Å². The summed E-state index contributed by atoms with van der Waals surface area (Å²) >= 11 is 1.73. The summed E-state index contributed by atoms with van der Waals surface area (Å²) in [5.74, 6) is -0.740. The lowest BCUT2D eigenvalue weighted by molar-refractivity contribution is -0.138. The Morgan fingerprint density at radius 2 is 1.69 bits per heavy atom. The van der Waals surface area contributed by atoms with Gasteiger partial charge in [0.2, 0.25) is 0 Å². The van der Waals surface area contributed by atoms with E-state index < -0.39 is 5.97 Å². The summed E-state index contributed by atoms with van der Waals surface area (Å²) in [6, 6.07) is 4.18. The molecular weight excluding hydrogens is 220 g/mol. The lowest BCUT2D eigenvalue weighted by Gasteiger charge is -2.21. The molecule has 0 atom stereocenters. The number of hydrogen-bond donors (Lipinski definition) is 1. The van der Waals surface area contributed by atoms with E-state index in [1.165, 1.54) is 4.88 Å². The lowest BCUT2D eigenvalue weighted by Crippen LogP contribution is -2.20. The third-order valence-corrected chi connectivity index (χ3v) is 4.48. The Bertz CT molecular complexity index is 383. The van der Waals surface area contributed by atoms with E-state index >= 15 is 0 Å². The highest BCUT2D eigenvalue weighted by Crippen LogP contribution is 2.37. The van der Waals surface area contributed by atoms with Crippen molar-refractivity contribution < 1.29 is 9.90 Å². The summed E-state index contributed by atoms with van der Waals surface area (Å²) in [5.41, 5.74) is -0.137. The average Bonchev–Trinajstić information content (AvgIpc) is 2.47. The van der Waals surface area contributed by atoms with Crippen LogP contribution in [0.25, 0.3) is 0 Å². The van der Waals surface area contributed by atoms with Crippen LogP contribution >= 0.6 is 11.3 Å². The second-order valence-corrected chi connectivity index (χ2v) is 6.95. The number of carboxylic acids is 1. The van der Waals surface area contributed by atoms with Crippen LogP contribution in [0.15, 0.2) is 12.1 Å². The normalized spacial score (nSPS) is 12.8. The molecule has 1 heterocycles. The fourth-order valence-electron chi connectivity index (χ4n) is 1.57. The molecule has 1 N–H and O–H groups in total. The Balaban J connectivity index is 2.97. The molecule has 0 saturated carbocycles. The Morgan fingerprint density at radius 1 is 1.19 bits per heavy atom. The predicted octanol–water partition coefficient (Wildman–Crippen LogP) is 3.80. The molecule has 90 valence electrons. The van der Waals surface area contributed by atoms with Crippen molar-refractivity contribution in [3.8, 4) is 0 Å². The van der Waals surface area contributed by atoms with Crippen molar-refractivity contribution in [1.82, 2.24) is 0 Å². The summed E-state index contributed by atoms with van der Waals surface area (Å²) in [5, 5.41) is 8.88. The van der Waals surface area contributed by atoms with Gasteiger partial charge in [0.25, 0.3) is 0 Å². The Hall–Kier alpha value is -0.830. The van der Waals surface area contributed by atoms with Crippen molar-refractivity contribution in [3.63, 3.8) is 0 Å². The third-order valence-electron chi connectivity index (χ3n) is 2.61. The smallest absolute Gasteiger partial charge is 0.304 e. The van der Waals surface area contributed by atoms with Gasteiger partial charge in [-0.25, -0.2) is 0 Å². The fourth-order valence-corrected chi connectivity index (χ4v) is 2.73. The largest absolute Gasteiger partial charge is 0.481 e. The van der Waals surface area contributed by atoms with Gasteiger partial charge in [-0.15, -0.1) is 11.3 Å². The molecule has 0 unspecified atom stereocenters. The predicted molar refractivity (Wildman–Crippen MR) is 68.3 cm³/mol. The number of rotatable bonds is 3. The summed E-state index contributed by atoms with van der Waals surface area (Å²) in [6.07, 6.45) is 0.178. The van der Waals surface area contributed by atoms with Crippen molar-refractivity contribution in [2.75, 3.05) is 0 Å². The Labute approximate surface area is 101 Å². The molecule has 0 fully saturated rings. The zero-order valence-electron chi connectivity index (χ0n) is 10.6. The Kier molecular flexibility index (Phi) is 3.48. The van der Waals surface area contributed by atoms with Gasteiger partial charge >= 0.3 is 5.97 Å². The summed E-state index contributed by atoms with van der Waals surface area (Å²) in [6.45, 7) is 10.5. The SMILES string of the molecule is CC(C)(C)c1ccc(C(C)(C)CC(=O)O)s1. The fraction of sp³-hybridized carbons (Fsp3) is 0.615. The zero-order valence-corrected chi connectivity index (χ0v) is 11.4.